The molecule has 0 bridgehead atoms. The molecular weight excluding hydrogens is 166 g/mol. The fraction of sp³-hybridized carbons (Fsp3) is 0.400. The van der Waals surface area contributed by atoms with Crippen LogP contribution in [0.15, 0.2) is 24.3 Å². The standard InChI is InChI=1S/C10H13NO2/c11-7-13-9-5-8-3-1-2-4-10(8)12-6-9/h1-4,9H,5-7,11H2. The fourth-order valence-corrected chi connectivity index (χ4v) is 1.54. The molecule has 1 aliphatic rings. The predicted molar refractivity (Wildman–Crippen MR) is 49.6 cm³/mol. The summed E-state index contributed by atoms with van der Waals surface area (Å²) in [6.07, 6.45) is 1.01. The SMILES string of the molecule is NCOC1COc2ccccc2C1. The lowest BCUT2D eigenvalue weighted by molar-refractivity contribution is 0.0147. The summed E-state index contributed by atoms with van der Waals surface area (Å²) in [5.41, 5.74) is 6.50. The van der Waals surface area contributed by atoms with Gasteiger partial charge in [-0.15, -0.1) is 0 Å². The lowest BCUT2D eigenvalue weighted by Gasteiger charge is -2.24. The average Bonchev–Trinajstić information content (AvgIpc) is 2.18. The van der Waals surface area contributed by atoms with E-state index in [-0.39, 0.29) is 12.8 Å². The van der Waals surface area contributed by atoms with Gasteiger partial charge in [0, 0.05) is 6.42 Å². The van der Waals surface area contributed by atoms with Crippen LogP contribution in [0.2, 0.25) is 0 Å². The maximum atomic E-state index is 5.51. The molecule has 0 fully saturated rings. The normalized spacial score (nSPS) is 20.5. The van der Waals surface area contributed by atoms with E-state index in [0.29, 0.717) is 6.61 Å². The van der Waals surface area contributed by atoms with E-state index < -0.39 is 0 Å². The van der Waals surface area contributed by atoms with Crippen LogP contribution in [0.4, 0.5) is 0 Å². The first-order valence-electron chi connectivity index (χ1n) is 4.42. The van der Waals surface area contributed by atoms with Crippen molar-refractivity contribution in [2.75, 3.05) is 13.3 Å². The van der Waals surface area contributed by atoms with Crippen molar-refractivity contribution in [1.29, 1.82) is 0 Å². The van der Waals surface area contributed by atoms with Gasteiger partial charge in [0.2, 0.25) is 0 Å². The molecule has 1 heterocycles. The van der Waals surface area contributed by atoms with E-state index in [1.54, 1.807) is 0 Å². The lowest BCUT2D eigenvalue weighted by Crippen LogP contribution is -2.30. The van der Waals surface area contributed by atoms with Gasteiger partial charge < -0.3 is 15.2 Å². The van der Waals surface area contributed by atoms with Crippen LogP contribution in [0, 0.1) is 0 Å². The first kappa shape index (κ1) is 8.53. The molecule has 0 aromatic heterocycles. The molecule has 0 saturated carbocycles. The van der Waals surface area contributed by atoms with Gasteiger partial charge in [0.15, 0.2) is 0 Å². The average molecular weight is 179 g/mol. The minimum absolute atomic E-state index is 0.111. The van der Waals surface area contributed by atoms with Gasteiger partial charge in [0.25, 0.3) is 0 Å². The van der Waals surface area contributed by atoms with Crippen LogP contribution in [-0.4, -0.2) is 19.4 Å². The van der Waals surface area contributed by atoms with E-state index in [9.17, 15) is 0 Å². The minimum Gasteiger partial charge on any atom is -0.491 e. The van der Waals surface area contributed by atoms with Gasteiger partial charge in [0.1, 0.15) is 12.4 Å². The predicted octanol–water partition coefficient (Wildman–Crippen LogP) is 0.923. The molecule has 2 N–H and O–H groups in total. The highest BCUT2D eigenvalue weighted by Crippen LogP contribution is 2.24. The summed E-state index contributed by atoms with van der Waals surface area (Å²) in [5, 5.41) is 0. The highest BCUT2D eigenvalue weighted by Gasteiger charge is 2.18. The Morgan fingerprint density at radius 1 is 1.46 bits per heavy atom. The molecular formula is C10H13NO2. The highest BCUT2D eigenvalue weighted by atomic mass is 16.5. The number of ether oxygens (including phenoxy) is 2. The lowest BCUT2D eigenvalue weighted by atomic mass is 10.0. The third-order valence-electron chi connectivity index (χ3n) is 2.18. The van der Waals surface area contributed by atoms with Crippen LogP contribution in [0.1, 0.15) is 5.56 Å². The molecule has 1 aromatic rings. The van der Waals surface area contributed by atoms with Crippen molar-refractivity contribution in [2.24, 2.45) is 5.73 Å². The number of hydrogen-bond acceptors (Lipinski definition) is 3. The Kier molecular flexibility index (Phi) is 2.47. The number of benzene rings is 1. The molecule has 3 heteroatoms. The van der Waals surface area contributed by atoms with Crippen LogP contribution in [0.3, 0.4) is 0 Å². The van der Waals surface area contributed by atoms with Crippen molar-refractivity contribution in [3.05, 3.63) is 29.8 Å². The summed E-state index contributed by atoms with van der Waals surface area (Å²) < 4.78 is 10.8. The number of fused-ring (bicyclic) bond motifs is 1. The molecule has 1 atom stereocenters. The maximum Gasteiger partial charge on any atom is 0.122 e. The molecule has 0 saturated heterocycles. The van der Waals surface area contributed by atoms with E-state index >= 15 is 0 Å². The minimum atomic E-state index is 0.111. The Hall–Kier alpha value is -1.06. The van der Waals surface area contributed by atoms with Crippen molar-refractivity contribution in [1.82, 2.24) is 0 Å². The zero-order chi connectivity index (χ0) is 9.10. The van der Waals surface area contributed by atoms with Crippen LogP contribution in [0.25, 0.3) is 0 Å². The molecule has 0 spiro atoms. The molecule has 1 aromatic carbocycles. The van der Waals surface area contributed by atoms with Crippen molar-refractivity contribution in [3.63, 3.8) is 0 Å². The highest BCUT2D eigenvalue weighted by molar-refractivity contribution is 5.35. The molecule has 0 aliphatic carbocycles. The Balaban J connectivity index is 2.11. The quantitative estimate of drug-likeness (QED) is 0.687. The smallest absolute Gasteiger partial charge is 0.122 e. The molecule has 2 rings (SSSR count). The molecule has 0 radical (unpaired) electrons. The second-order valence-electron chi connectivity index (χ2n) is 3.08. The number of nitrogens with two attached hydrogens (primary N) is 1. The van der Waals surface area contributed by atoms with E-state index in [1.807, 2.05) is 18.2 Å². The zero-order valence-electron chi connectivity index (χ0n) is 7.40. The number of rotatable bonds is 2. The fourth-order valence-electron chi connectivity index (χ4n) is 1.54. The summed E-state index contributed by atoms with van der Waals surface area (Å²) in [6.45, 7) is 0.865. The van der Waals surface area contributed by atoms with Crippen LogP contribution >= 0.6 is 0 Å². The van der Waals surface area contributed by atoms with Gasteiger partial charge in [-0.2, -0.15) is 0 Å². The van der Waals surface area contributed by atoms with Gasteiger partial charge in [-0.25, -0.2) is 0 Å². The van der Waals surface area contributed by atoms with E-state index in [2.05, 4.69) is 6.07 Å². The van der Waals surface area contributed by atoms with Crippen molar-refractivity contribution in [3.8, 4) is 5.75 Å². The molecule has 0 amide bonds. The van der Waals surface area contributed by atoms with Crippen molar-refractivity contribution < 1.29 is 9.47 Å². The Labute approximate surface area is 77.5 Å². The summed E-state index contributed by atoms with van der Waals surface area (Å²) in [6, 6.07) is 8.02. The van der Waals surface area contributed by atoms with Crippen molar-refractivity contribution in [2.45, 2.75) is 12.5 Å². The van der Waals surface area contributed by atoms with Gasteiger partial charge >= 0.3 is 0 Å². The number of hydrogen-bond donors (Lipinski definition) is 1. The van der Waals surface area contributed by atoms with Gasteiger partial charge in [-0.05, 0) is 11.6 Å². The van der Waals surface area contributed by atoms with Gasteiger partial charge in [-0.3, -0.25) is 0 Å². The first-order valence-corrected chi connectivity index (χ1v) is 4.42. The summed E-state index contributed by atoms with van der Waals surface area (Å²) in [4.78, 5) is 0. The second kappa shape index (κ2) is 3.77. The maximum absolute atomic E-state index is 5.51. The van der Waals surface area contributed by atoms with E-state index in [1.165, 1.54) is 5.56 Å². The second-order valence-corrected chi connectivity index (χ2v) is 3.08. The first-order chi connectivity index (χ1) is 6.40. The number of para-hydroxylation sites is 1. The Morgan fingerprint density at radius 3 is 3.15 bits per heavy atom. The molecule has 70 valence electrons. The Morgan fingerprint density at radius 2 is 2.31 bits per heavy atom. The molecule has 1 aliphatic heterocycles. The molecule has 13 heavy (non-hydrogen) atoms. The molecule has 1 unspecified atom stereocenters. The van der Waals surface area contributed by atoms with E-state index in [0.717, 1.165) is 12.2 Å². The third kappa shape index (κ3) is 1.82. The van der Waals surface area contributed by atoms with E-state index in [4.69, 9.17) is 15.2 Å². The van der Waals surface area contributed by atoms with Gasteiger partial charge in [-0.1, -0.05) is 18.2 Å². The third-order valence-corrected chi connectivity index (χ3v) is 2.18. The summed E-state index contributed by atoms with van der Waals surface area (Å²) in [5.74, 6) is 0.972. The zero-order valence-corrected chi connectivity index (χ0v) is 7.40. The Bertz CT molecular complexity index is 288. The van der Waals surface area contributed by atoms with Crippen LogP contribution < -0.4 is 10.5 Å². The van der Waals surface area contributed by atoms with Gasteiger partial charge in [0.05, 0.1) is 12.8 Å². The topological polar surface area (TPSA) is 44.5 Å². The largest absolute Gasteiger partial charge is 0.491 e. The molecule has 3 nitrogen and oxygen atoms in total. The summed E-state index contributed by atoms with van der Waals surface area (Å²) >= 11 is 0. The van der Waals surface area contributed by atoms with Crippen molar-refractivity contribution >= 4 is 0 Å². The van der Waals surface area contributed by atoms with Crippen LogP contribution in [0.5, 0.6) is 5.75 Å². The van der Waals surface area contributed by atoms with Crippen LogP contribution in [-0.2, 0) is 11.2 Å². The summed E-state index contributed by atoms with van der Waals surface area (Å²) in [7, 11) is 0. The monoisotopic (exact) mass is 179 g/mol.